The third-order valence-corrected chi connectivity index (χ3v) is 11.9. The van der Waals surface area contributed by atoms with Crippen LogP contribution in [0.25, 0.3) is 86.2 Å². The van der Waals surface area contributed by atoms with Crippen LogP contribution in [0.2, 0.25) is 0 Å². The number of hydrogen-bond acceptors (Lipinski definition) is 5. The van der Waals surface area contributed by atoms with E-state index in [4.69, 9.17) is 14.4 Å². The van der Waals surface area contributed by atoms with E-state index in [0.717, 1.165) is 44.6 Å². The SMILES string of the molecule is Cc1c(N(c2ccccc2)c2nc(-c3ccc(-c4ccc5ccccc5c4)cc3)c3c(n2)oc2ccccc23)c2c3ccccc3sc2c2ccccc12. The van der Waals surface area contributed by atoms with Gasteiger partial charge in [0, 0.05) is 36.8 Å². The zero-order chi connectivity index (χ0) is 35.8. The highest BCUT2D eigenvalue weighted by Gasteiger charge is 2.27. The number of furan rings is 1. The van der Waals surface area contributed by atoms with Crippen molar-refractivity contribution in [1.82, 2.24) is 9.97 Å². The number of fused-ring (bicyclic) bond motifs is 9. The van der Waals surface area contributed by atoms with Gasteiger partial charge in [0.15, 0.2) is 0 Å². The lowest BCUT2D eigenvalue weighted by atomic mass is 9.97. The Bertz CT molecular complexity index is 3240. The molecule has 0 atom stereocenters. The number of anilines is 3. The molecule has 0 bridgehead atoms. The number of aryl methyl sites for hydroxylation is 1. The lowest BCUT2D eigenvalue weighted by Crippen LogP contribution is -2.15. The molecule has 11 aromatic rings. The van der Waals surface area contributed by atoms with Crippen molar-refractivity contribution in [2.45, 2.75) is 6.92 Å². The first-order valence-electron chi connectivity index (χ1n) is 18.2. The molecule has 8 aromatic carbocycles. The first kappa shape index (κ1) is 30.8. The second kappa shape index (κ2) is 12.1. The van der Waals surface area contributed by atoms with Crippen molar-refractivity contribution in [3.05, 3.63) is 175 Å². The largest absolute Gasteiger partial charge is 0.437 e. The van der Waals surface area contributed by atoms with Crippen molar-refractivity contribution in [3.8, 4) is 22.4 Å². The zero-order valence-corrected chi connectivity index (χ0v) is 30.1. The molecule has 0 fully saturated rings. The Morgan fingerprint density at radius 2 is 1.17 bits per heavy atom. The van der Waals surface area contributed by atoms with Crippen molar-refractivity contribution < 1.29 is 4.42 Å². The van der Waals surface area contributed by atoms with Gasteiger partial charge in [-0.25, -0.2) is 4.98 Å². The maximum atomic E-state index is 6.58. The van der Waals surface area contributed by atoms with Crippen LogP contribution in [-0.2, 0) is 0 Å². The first-order valence-corrected chi connectivity index (χ1v) is 19.0. The summed E-state index contributed by atoms with van der Waals surface area (Å²) in [5, 5.41) is 9.24. The minimum atomic E-state index is 0.552. The van der Waals surface area contributed by atoms with Gasteiger partial charge in [0.1, 0.15) is 5.58 Å². The fourth-order valence-corrected chi connectivity index (χ4v) is 9.35. The predicted octanol–water partition coefficient (Wildman–Crippen LogP) is 14.2. The van der Waals surface area contributed by atoms with Gasteiger partial charge in [-0.15, -0.1) is 11.3 Å². The lowest BCUT2D eigenvalue weighted by molar-refractivity contribution is 0.653. The number of para-hydroxylation sites is 2. The summed E-state index contributed by atoms with van der Waals surface area (Å²) in [4.78, 5) is 13.1. The quantitative estimate of drug-likeness (QED) is 0.178. The summed E-state index contributed by atoms with van der Waals surface area (Å²) in [6.07, 6.45) is 0. The fourth-order valence-electron chi connectivity index (χ4n) is 8.10. The van der Waals surface area contributed by atoms with Gasteiger partial charge >= 0.3 is 0 Å². The van der Waals surface area contributed by atoms with Gasteiger partial charge in [0.25, 0.3) is 0 Å². The van der Waals surface area contributed by atoms with Crippen LogP contribution in [-0.4, -0.2) is 9.97 Å². The minimum Gasteiger partial charge on any atom is -0.437 e. The molecule has 254 valence electrons. The molecule has 0 aliphatic rings. The van der Waals surface area contributed by atoms with Crippen LogP contribution in [0.5, 0.6) is 0 Å². The molecule has 3 aromatic heterocycles. The van der Waals surface area contributed by atoms with Crippen molar-refractivity contribution in [3.63, 3.8) is 0 Å². The molecule has 4 nitrogen and oxygen atoms in total. The van der Waals surface area contributed by atoms with Crippen LogP contribution in [0, 0.1) is 6.92 Å². The number of benzene rings is 8. The molecule has 0 aliphatic heterocycles. The average molecular weight is 710 g/mol. The minimum absolute atomic E-state index is 0.552. The van der Waals surface area contributed by atoms with Crippen LogP contribution < -0.4 is 4.90 Å². The Kier molecular flexibility index (Phi) is 6.91. The third-order valence-electron chi connectivity index (χ3n) is 10.7. The highest BCUT2D eigenvalue weighted by Crippen LogP contribution is 2.50. The van der Waals surface area contributed by atoms with E-state index >= 15 is 0 Å². The maximum absolute atomic E-state index is 6.58. The van der Waals surface area contributed by atoms with E-state index in [-0.39, 0.29) is 0 Å². The van der Waals surface area contributed by atoms with Crippen molar-refractivity contribution >= 4 is 92.4 Å². The van der Waals surface area contributed by atoms with E-state index in [1.54, 1.807) is 0 Å². The molecule has 0 radical (unpaired) electrons. The summed E-state index contributed by atoms with van der Waals surface area (Å²) in [6, 6.07) is 60.0. The summed E-state index contributed by atoms with van der Waals surface area (Å²) >= 11 is 1.84. The second-order valence-corrected chi connectivity index (χ2v) is 14.8. The first-order chi connectivity index (χ1) is 26.7. The molecule has 0 saturated carbocycles. The predicted molar refractivity (Wildman–Crippen MR) is 228 cm³/mol. The number of aromatic nitrogens is 2. The monoisotopic (exact) mass is 709 g/mol. The molecule has 3 heterocycles. The van der Waals surface area contributed by atoms with Crippen LogP contribution in [0.3, 0.4) is 0 Å². The number of nitrogens with zero attached hydrogens (tertiary/aromatic N) is 3. The van der Waals surface area contributed by atoms with Crippen molar-refractivity contribution in [2.24, 2.45) is 0 Å². The van der Waals surface area contributed by atoms with Gasteiger partial charge in [0.2, 0.25) is 11.7 Å². The average Bonchev–Trinajstić information content (AvgIpc) is 3.81. The topological polar surface area (TPSA) is 42.2 Å². The summed E-state index contributed by atoms with van der Waals surface area (Å²) in [5.74, 6) is 0.552. The van der Waals surface area contributed by atoms with E-state index in [1.807, 2.05) is 29.5 Å². The highest BCUT2D eigenvalue weighted by atomic mass is 32.1. The van der Waals surface area contributed by atoms with Crippen LogP contribution in [0.4, 0.5) is 17.3 Å². The Morgan fingerprint density at radius 3 is 2.00 bits per heavy atom. The van der Waals surface area contributed by atoms with E-state index in [2.05, 4.69) is 163 Å². The Balaban J connectivity index is 1.19. The standard InChI is InChI=1S/C49H31N3OS/c1-30-37-17-7-8-18-38(37)47-44(40-20-10-12-22-42(40)54-47)46(30)52(36-15-3-2-4-16-36)49-50-45(43-39-19-9-11-21-41(39)53-48(43)51-49)33-26-23-32(24-27-33)35-28-25-31-13-5-6-14-34(31)29-35/h2-29H,1H3. The van der Waals surface area contributed by atoms with Crippen LogP contribution in [0.15, 0.2) is 174 Å². The third kappa shape index (κ3) is 4.76. The maximum Gasteiger partial charge on any atom is 0.238 e. The van der Waals surface area contributed by atoms with Crippen LogP contribution in [0.1, 0.15) is 5.56 Å². The second-order valence-electron chi connectivity index (χ2n) is 13.8. The zero-order valence-electron chi connectivity index (χ0n) is 29.3. The number of rotatable bonds is 5. The molecular formula is C49H31N3OS. The van der Waals surface area contributed by atoms with E-state index in [0.29, 0.717) is 11.7 Å². The molecule has 0 amide bonds. The van der Waals surface area contributed by atoms with Gasteiger partial charge in [-0.05, 0) is 75.5 Å². The Morgan fingerprint density at radius 1 is 0.519 bits per heavy atom. The van der Waals surface area contributed by atoms with E-state index in [1.165, 1.54) is 52.8 Å². The molecule has 0 saturated heterocycles. The van der Waals surface area contributed by atoms with Crippen molar-refractivity contribution in [1.29, 1.82) is 0 Å². The van der Waals surface area contributed by atoms with Crippen molar-refractivity contribution in [2.75, 3.05) is 4.90 Å². The molecule has 0 N–H and O–H groups in total. The van der Waals surface area contributed by atoms with E-state index < -0.39 is 0 Å². The summed E-state index contributed by atoms with van der Waals surface area (Å²) in [6.45, 7) is 2.23. The van der Waals surface area contributed by atoms with Gasteiger partial charge in [0.05, 0.1) is 16.8 Å². The molecule has 11 rings (SSSR count). The Hall–Kier alpha value is -6.82. The van der Waals surface area contributed by atoms with Gasteiger partial charge in [-0.3, -0.25) is 4.90 Å². The summed E-state index contributed by atoms with van der Waals surface area (Å²) in [5.41, 5.74) is 8.70. The summed E-state index contributed by atoms with van der Waals surface area (Å²) < 4.78 is 9.08. The number of thiophene rings is 1. The molecule has 54 heavy (non-hydrogen) atoms. The molecule has 0 aliphatic carbocycles. The van der Waals surface area contributed by atoms with Crippen LogP contribution >= 0.6 is 11.3 Å². The van der Waals surface area contributed by atoms with Gasteiger partial charge in [-0.1, -0.05) is 140 Å². The summed E-state index contributed by atoms with van der Waals surface area (Å²) in [7, 11) is 0. The normalized spacial score (nSPS) is 11.8. The smallest absolute Gasteiger partial charge is 0.238 e. The van der Waals surface area contributed by atoms with Gasteiger partial charge in [-0.2, -0.15) is 4.98 Å². The fraction of sp³-hybridized carbons (Fsp3) is 0.0204. The van der Waals surface area contributed by atoms with E-state index in [9.17, 15) is 0 Å². The Labute approximate surface area is 315 Å². The lowest BCUT2D eigenvalue weighted by Gasteiger charge is -2.27. The molecule has 0 spiro atoms. The highest BCUT2D eigenvalue weighted by molar-refractivity contribution is 7.26. The number of hydrogen-bond donors (Lipinski definition) is 0. The molecular weight excluding hydrogens is 679 g/mol. The molecule has 5 heteroatoms. The van der Waals surface area contributed by atoms with Gasteiger partial charge < -0.3 is 4.42 Å². The molecule has 0 unspecified atom stereocenters.